The lowest BCUT2D eigenvalue weighted by molar-refractivity contribution is 0.102. The van der Waals surface area contributed by atoms with Crippen LogP contribution in [0.3, 0.4) is 0 Å². The van der Waals surface area contributed by atoms with E-state index < -0.39 is 5.91 Å². The number of nitrogens with zero attached hydrogens (tertiary/aromatic N) is 1. The van der Waals surface area contributed by atoms with Crippen LogP contribution < -0.4 is 10.9 Å². The average molecular weight is 389 g/mol. The molecule has 7 heteroatoms. The van der Waals surface area contributed by atoms with Gasteiger partial charge in [0.25, 0.3) is 11.5 Å². The van der Waals surface area contributed by atoms with Crippen LogP contribution in [0.25, 0.3) is 0 Å². The van der Waals surface area contributed by atoms with Gasteiger partial charge >= 0.3 is 0 Å². The summed E-state index contributed by atoms with van der Waals surface area (Å²) < 4.78 is 1.44. The lowest BCUT2D eigenvalue weighted by Crippen LogP contribution is -2.21. The average Bonchev–Trinajstić information content (AvgIpc) is 2.61. The number of carbonyl (C=O) groups is 1. The molecule has 0 aliphatic heterocycles. The van der Waals surface area contributed by atoms with E-state index in [1.807, 2.05) is 18.2 Å². The number of amides is 1. The number of carbonyl (C=O) groups excluding carboxylic acids is 1. The number of nitrogens with one attached hydrogen (secondary N) is 1. The molecule has 2 N–H and O–H groups in total. The maximum atomic E-state index is 12.4. The number of rotatable bonds is 4. The van der Waals surface area contributed by atoms with E-state index in [9.17, 15) is 14.7 Å². The number of pyridine rings is 1. The second kappa shape index (κ2) is 7.64. The summed E-state index contributed by atoms with van der Waals surface area (Å²) in [5.74, 6) is -0.718. The third-order valence-electron chi connectivity index (χ3n) is 3.74. The molecule has 0 fully saturated rings. The first-order valence-electron chi connectivity index (χ1n) is 7.68. The minimum atomic E-state index is -0.534. The van der Waals surface area contributed by atoms with E-state index in [1.54, 1.807) is 6.07 Å². The SMILES string of the molecule is O=C(Nc1ccc(=O)n(Cc2ccccc2Cl)c1)c1cc(Cl)ccc1O. The second-order valence-corrected chi connectivity index (χ2v) is 6.43. The number of hydrogen-bond acceptors (Lipinski definition) is 3. The molecule has 1 aromatic heterocycles. The standard InChI is InChI=1S/C19H14Cl2N2O3/c20-13-5-7-17(24)15(9-13)19(26)22-14-6-8-18(25)23(11-14)10-12-3-1-2-4-16(12)21/h1-9,11,24H,10H2,(H,22,26). The molecular formula is C19H14Cl2N2O3. The first kappa shape index (κ1) is 18.0. The summed E-state index contributed by atoms with van der Waals surface area (Å²) in [5.41, 5.74) is 1.00. The summed E-state index contributed by atoms with van der Waals surface area (Å²) in [5, 5.41) is 13.3. The molecular weight excluding hydrogens is 375 g/mol. The van der Waals surface area contributed by atoms with Gasteiger partial charge in [-0.3, -0.25) is 9.59 Å². The Labute approximate surface area is 159 Å². The number of aromatic hydroxyl groups is 1. The molecule has 2 aromatic carbocycles. The van der Waals surface area contributed by atoms with Crippen molar-refractivity contribution in [3.05, 3.63) is 92.3 Å². The monoisotopic (exact) mass is 388 g/mol. The maximum absolute atomic E-state index is 12.4. The summed E-state index contributed by atoms with van der Waals surface area (Å²) in [6, 6.07) is 14.2. The van der Waals surface area contributed by atoms with Crippen LogP contribution in [0.15, 0.2) is 65.6 Å². The van der Waals surface area contributed by atoms with Crippen molar-refractivity contribution in [1.82, 2.24) is 4.57 Å². The molecule has 0 spiro atoms. The molecule has 3 rings (SSSR count). The van der Waals surface area contributed by atoms with Crippen molar-refractivity contribution >= 4 is 34.8 Å². The minimum absolute atomic E-state index is 0.0429. The molecule has 0 atom stereocenters. The molecule has 0 radical (unpaired) electrons. The van der Waals surface area contributed by atoms with Crippen molar-refractivity contribution in [2.75, 3.05) is 5.32 Å². The van der Waals surface area contributed by atoms with Gasteiger partial charge in [-0.15, -0.1) is 0 Å². The zero-order valence-electron chi connectivity index (χ0n) is 13.4. The van der Waals surface area contributed by atoms with Crippen LogP contribution in [0.5, 0.6) is 5.75 Å². The zero-order chi connectivity index (χ0) is 18.7. The predicted molar refractivity (Wildman–Crippen MR) is 102 cm³/mol. The van der Waals surface area contributed by atoms with Crippen LogP contribution in [0.2, 0.25) is 10.0 Å². The van der Waals surface area contributed by atoms with Crippen molar-refractivity contribution in [2.45, 2.75) is 6.54 Å². The third kappa shape index (κ3) is 4.07. The van der Waals surface area contributed by atoms with Gasteiger partial charge in [0.05, 0.1) is 17.8 Å². The molecule has 132 valence electrons. The van der Waals surface area contributed by atoms with E-state index in [2.05, 4.69) is 5.32 Å². The molecule has 0 saturated heterocycles. The topological polar surface area (TPSA) is 71.3 Å². The van der Waals surface area contributed by atoms with Crippen LogP contribution in [-0.4, -0.2) is 15.6 Å². The number of aromatic nitrogens is 1. The Morgan fingerprint density at radius 2 is 1.85 bits per heavy atom. The molecule has 1 amide bonds. The fourth-order valence-electron chi connectivity index (χ4n) is 2.43. The molecule has 1 heterocycles. The van der Waals surface area contributed by atoms with Crippen molar-refractivity contribution < 1.29 is 9.90 Å². The Morgan fingerprint density at radius 3 is 2.62 bits per heavy atom. The summed E-state index contributed by atoms with van der Waals surface area (Å²) in [7, 11) is 0. The highest BCUT2D eigenvalue weighted by Gasteiger charge is 2.13. The molecule has 0 aliphatic rings. The van der Waals surface area contributed by atoms with E-state index in [0.717, 1.165) is 5.56 Å². The van der Waals surface area contributed by atoms with Crippen LogP contribution >= 0.6 is 23.2 Å². The number of hydrogen-bond donors (Lipinski definition) is 2. The van der Waals surface area contributed by atoms with Gasteiger partial charge in [0.2, 0.25) is 0 Å². The van der Waals surface area contributed by atoms with E-state index in [0.29, 0.717) is 15.7 Å². The molecule has 0 bridgehead atoms. The normalized spacial score (nSPS) is 10.5. The Bertz CT molecular complexity index is 1030. The third-order valence-corrected chi connectivity index (χ3v) is 4.35. The molecule has 26 heavy (non-hydrogen) atoms. The smallest absolute Gasteiger partial charge is 0.259 e. The summed E-state index contributed by atoms with van der Waals surface area (Å²) in [4.78, 5) is 24.4. The van der Waals surface area contributed by atoms with Crippen molar-refractivity contribution in [2.24, 2.45) is 0 Å². The van der Waals surface area contributed by atoms with Gasteiger partial charge in [0, 0.05) is 22.3 Å². The summed E-state index contributed by atoms with van der Waals surface area (Å²) >= 11 is 12.0. The van der Waals surface area contributed by atoms with Gasteiger partial charge in [-0.25, -0.2) is 0 Å². The zero-order valence-corrected chi connectivity index (χ0v) is 15.0. The number of anilines is 1. The highest BCUT2D eigenvalue weighted by atomic mass is 35.5. The lowest BCUT2D eigenvalue weighted by atomic mass is 10.2. The van der Waals surface area contributed by atoms with E-state index in [-0.39, 0.29) is 23.4 Å². The van der Waals surface area contributed by atoms with Crippen LogP contribution in [0.1, 0.15) is 15.9 Å². The number of benzene rings is 2. The maximum Gasteiger partial charge on any atom is 0.259 e. The first-order valence-corrected chi connectivity index (χ1v) is 8.43. The highest BCUT2D eigenvalue weighted by Crippen LogP contribution is 2.22. The Hall–Kier alpha value is -2.76. The Balaban J connectivity index is 1.86. The van der Waals surface area contributed by atoms with Gasteiger partial charge < -0.3 is 15.0 Å². The van der Waals surface area contributed by atoms with Gasteiger partial charge in [-0.05, 0) is 35.9 Å². The number of phenolic OH excluding ortho intramolecular Hbond substituents is 1. The summed E-state index contributed by atoms with van der Waals surface area (Å²) in [6.45, 7) is 0.268. The van der Waals surface area contributed by atoms with Crippen molar-refractivity contribution in [3.8, 4) is 5.75 Å². The van der Waals surface area contributed by atoms with E-state index in [4.69, 9.17) is 23.2 Å². The van der Waals surface area contributed by atoms with E-state index >= 15 is 0 Å². The van der Waals surface area contributed by atoms with Crippen molar-refractivity contribution in [1.29, 1.82) is 0 Å². The minimum Gasteiger partial charge on any atom is -0.507 e. The fourth-order valence-corrected chi connectivity index (χ4v) is 2.80. The van der Waals surface area contributed by atoms with Gasteiger partial charge in [-0.1, -0.05) is 41.4 Å². The first-order chi connectivity index (χ1) is 12.4. The van der Waals surface area contributed by atoms with Crippen molar-refractivity contribution in [3.63, 3.8) is 0 Å². The molecule has 5 nitrogen and oxygen atoms in total. The van der Waals surface area contributed by atoms with Crippen LogP contribution in [0, 0.1) is 0 Å². The molecule has 3 aromatic rings. The fraction of sp³-hybridized carbons (Fsp3) is 0.0526. The summed E-state index contributed by atoms with van der Waals surface area (Å²) in [6.07, 6.45) is 1.52. The van der Waals surface area contributed by atoms with Gasteiger partial charge in [0.15, 0.2) is 0 Å². The van der Waals surface area contributed by atoms with E-state index in [1.165, 1.54) is 41.1 Å². The quantitative estimate of drug-likeness (QED) is 0.704. The van der Waals surface area contributed by atoms with Crippen LogP contribution in [-0.2, 0) is 6.54 Å². The molecule has 0 aliphatic carbocycles. The number of phenols is 1. The largest absolute Gasteiger partial charge is 0.507 e. The molecule has 0 unspecified atom stereocenters. The number of halogens is 2. The lowest BCUT2D eigenvalue weighted by Gasteiger charge is -2.11. The Morgan fingerprint density at radius 1 is 1.08 bits per heavy atom. The van der Waals surface area contributed by atoms with Crippen LogP contribution in [0.4, 0.5) is 5.69 Å². The predicted octanol–water partition coefficient (Wildman–Crippen LogP) is 4.16. The van der Waals surface area contributed by atoms with Gasteiger partial charge in [0.1, 0.15) is 5.75 Å². The van der Waals surface area contributed by atoms with Gasteiger partial charge in [-0.2, -0.15) is 0 Å². The Kier molecular flexibility index (Phi) is 5.30. The highest BCUT2D eigenvalue weighted by molar-refractivity contribution is 6.31. The second-order valence-electron chi connectivity index (χ2n) is 5.59. The molecule has 0 saturated carbocycles.